The van der Waals surface area contributed by atoms with Crippen LogP contribution in [-0.2, 0) is 22.6 Å². The van der Waals surface area contributed by atoms with Crippen LogP contribution in [0.2, 0.25) is 0 Å². The lowest BCUT2D eigenvalue weighted by Gasteiger charge is -2.16. The average molecular weight is 358 g/mol. The summed E-state index contributed by atoms with van der Waals surface area (Å²) in [6.07, 6.45) is 0.814. The molecule has 1 saturated heterocycles. The maximum Gasteiger partial charge on any atom is 0.225 e. The molecule has 1 unspecified atom stereocenters. The number of hydrogen-bond donors (Lipinski definition) is 1. The number of carbonyl (C=O) groups is 2. The van der Waals surface area contributed by atoms with Gasteiger partial charge in [0.05, 0.1) is 5.92 Å². The summed E-state index contributed by atoms with van der Waals surface area (Å²) in [6.45, 7) is 1.20. The van der Waals surface area contributed by atoms with Crippen LogP contribution in [0.25, 0.3) is 0 Å². The molecule has 2 amide bonds. The molecule has 0 spiro atoms. The molecule has 1 fully saturated rings. The van der Waals surface area contributed by atoms with Crippen molar-refractivity contribution in [2.24, 2.45) is 5.92 Å². The van der Waals surface area contributed by atoms with E-state index < -0.39 is 0 Å². The van der Waals surface area contributed by atoms with Crippen molar-refractivity contribution in [3.05, 3.63) is 71.3 Å². The Morgan fingerprint density at radius 3 is 2.19 bits per heavy atom. The van der Waals surface area contributed by atoms with E-state index in [0.29, 0.717) is 26.1 Å². The van der Waals surface area contributed by atoms with Crippen molar-refractivity contribution >= 4 is 11.8 Å². The number of hydrogen-bond acceptors (Lipinski definition) is 2. The van der Waals surface area contributed by atoms with Gasteiger partial charge in [0.15, 0.2) is 0 Å². The van der Waals surface area contributed by atoms with Crippen LogP contribution in [0.5, 0.6) is 0 Å². The Labute approximate surface area is 150 Å². The summed E-state index contributed by atoms with van der Waals surface area (Å²) in [6, 6.07) is 12.1. The molecule has 1 heterocycles. The number of rotatable bonds is 6. The van der Waals surface area contributed by atoms with E-state index in [4.69, 9.17) is 0 Å². The highest BCUT2D eigenvalue weighted by molar-refractivity contribution is 5.89. The monoisotopic (exact) mass is 358 g/mol. The second-order valence-corrected chi connectivity index (χ2v) is 6.46. The van der Waals surface area contributed by atoms with Crippen LogP contribution in [0.4, 0.5) is 8.78 Å². The number of carbonyl (C=O) groups excluding carboxylic acids is 2. The molecule has 1 atom stereocenters. The lowest BCUT2D eigenvalue weighted by atomic mass is 10.1. The van der Waals surface area contributed by atoms with Crippen molar-refractivity contribution in [3.8, 4) is 0 Å². The van der Waals surface area contributed by atoms with Gasteiger partial charge in [0, 0.05) is 26.1 Å². The Kier molecular flexibility index (Phi) is 5.61. The summed E-state index contributed by atoms with van der Waals surface area (Å²) >= 11 is 0. The Hall–Kier alpha value is -2.76. The minimum Gasteiger partial charge on any atom is -0.352 e. The molecule has 2 aromatic rings. The van der Waals surface area contributed by atoms with Crippen molar-refractivity contribution < 1.29 is 18.4 Å². The number of benzene rings is 2. The standard InChI is InChI=1S/C20H20F2N2O2/c21-17-5-1-14(2-6-17)9-10-24-13-16(11-19(24)25)20(26)23-12-15-3-7-18(22)8-4-15/h1-8,16H,9-13H2,(H,23,26). The molecular weight excluding hydrogens is 338 g/mol. The maximum absolute atomic E-state index is 12.9. The molecule has 26 heavy (non-hydrogen) atoms. The predicted molar refractivity (Wildman–Crippen MR) is 93.0 cm³/mol. The highest BCUT2D eigenvalue weighted by Crippen LogP contribution is 2.19. The van der Waals surface area contributed by atoms with E-state index in [1.165, 1.54) is 24.3 Å². The average Bonchev–Trinajstić information content (AvgIpc) is 3.01. The molecule has 1 aliphatic rings. The van der Waals surface area contributed by atoms with Crippen LogP contribution >= 0.6 is 0 Å². The van der Waals surface area contributed by atoms with Gasteiger partial charge in [-0.05, 0) is 41.8 Å². The van der Waals surface area contributed by atoms with Crippen LogP contribution < -0.4 is 5.32 Å². The summed E-state index contributed by atoms with van der Waals surface area (Å²) in [5, 5.41) is 2.80. The summed E-state index contributed by atoms with van der Waals surface area (Å²) < 4.78 is 25.8. The van der Waals surface area contributed by atoms with Crippen LogP contribution in [0, 0.1) is 17.6 Å². The van der Waals surface area contributed by atoms with Gasteiger partial charge in [-0.25, -0.2) is 8.78 Å². The number of amides is 2. The first kappa shape index (κ1) is 18.0. The number of nitrogens with zero attached hydrogens (tertiary/aromatic N) is 1. The fraction of sp³-hybridized carbons (Fsp3) is 0.300. The number of halogens is 2. The van der Waals surface area contributed by atoms with Gasteiger partial charge in [-0.15, -0.1) is 0 Å². The number of nitrogens with one attached hydrogen (secondary N) is 1. The minimum atomic E-state index is -0.379. The molecule has 0 aliphatic carbocycles. The van der Waals surface area contributed by atoms with E-state index in [1.807, 2.05) is 0 Å². The van der Waals surface area contributed by atoms with E-state index in [-0.39, 0.29) is 35.8 Å². The third-order valence-corrected chi connectivity index (χ3v) is 4.55. The van der Waals surface area contributed by atoms with E-state index in [0.717, 1.165) is 11.1 Å². The quantitative estimate of drug-likeness (QED) is 0.863. The summed E-state index contributed by atoms with van der Waals surface area (Å²) in [5.74, 6) is -1.21. The van der Waals surface area contributed by atoms with Crippen LogP contribution in [0.3, 0.4) is 0 Å². The SMILES string of the molecule is O=C(NCc1ccc(F)cc1)C1CC(=O)N(CCc2ccc(F)cc2)C1. The van der Waals surface area contributed by atoms with E-state index in [1.54, 1.807) is 29.2 Å². The van der Waals surface area contributed by atoms with E-state index in [2.05, 4.69) is 5.32 Å². The summed E-state index contributed by atoms with van der Waals surface area (Å²) in [7, 11) is 0. The highest BCUT2D eigenvalue weighted by atomic mass is 19.1. The number of likely N-dealkylation sites (tertiary alicyclic amines) is 1. The lowest BCUT2D eigenvalue weighted by molar-refractivity contribution is -0.129. The third kappa shape index (κ3) is 4.65. The maximum atomic E-state index is 12.9. The molecule has 136 valence electrons. The molecule has 6 heteroatoms. The van der Waals surface area contributed by atoms with Gasteiger partial charge in [-0.1, -0.05) is 24.3 Å². The fourth-order valence-corrected chi connectivity index (χ4v) is 3.01. The topological polar surface area (TPSA) is 49.4 Å². The second-order valence-electron chi connectivity index (χ2n) is 6.46. The molecule has 3 rings (SSSR count). The van der Waals surface area contributed by atoms with Crippen LogP contribution in [0.1, 0.15) is 17.5 Å². The Balaban J connectivity index is 1.47. The van der Waals surface area contributed by atoms with Crippen molar-refractivity contribution in [2.75, 3.05) is 13.1 Å². The van der Waals surface area contributed by atoms with Crippen molar-refractivity contribution in [3.63, 3.8) is 0 Å². The Bertz CT molecular complexity index is 775. The molecule has 0 radical (unpaired) electrons. The van der Waals surface area contributed by atoms with Crippen molar-refractivity contribution in [1.82, 2.24) is 10.2 Å². The first-order chi connectivity index (χ1) is 12.5. The molecule has 4 nitrogen and oxygen atoms in total. The van der Waals surface area contributed by atoms with Gasteiger partial charge in [0.2, 0.25) is 11.8 Å². The first-order valence-corrected chi connectivity index (χ1v) is 8.55. The molecule has 0 bridgehead atoms. The van der Waals surface area contributed by atoms with Gasteiger partial charge in [0.25, 0.3) is 0 Å². The second kappa shape index (κ2) is 8.08. The van der Waals surface area contributed by atoms with E-state index in [9.17, 15) is 18.4 Å². The predicted octanol–water partition coefficient (Wildman–Crippen LogP) is 2.67. The zero-order chi connectivity index (χ0) is 18.5. The fourth-order valence-electron chi connectivity index (χ4n) is 3.01. The Morgan fingerprint density at radius 2 is 1.58 bits per heavy atom. The van der Waals surface area contributed by atoms with Gasteiger partial charge in [-0.3, -0.25) is 9.59 Å². The smallest absolute Gasteiger partial charge is 0.225 e. The third-order valence-electron chi connectivity index (χ3n) is 4.55. The zero-order valence-electron chi connectivity index (χ0n) is 14.3. The van der Waals surface area contributed by atoms with E-state index >= 15 is 0 Å². The Morgan fingerprint density at radius 1 is 1.00 bits per heavy atom. The normalized spacial score (nSPS) is 16.8. The minimum absolute atomic E-state index is 0.0472. The lowest BCUT2D eigenvalue weighted by Crippen LogP contribution is -2.33. The summed E-state index contributed by atoms with van der Waals surface area (Å²) in [5.41, 5.74) is 1.75. The zero-order valence-corrected chi connectivity index (χ0v) is 14.3. The van der Waals surface area contributed by atoms with Crippen molar-refractivity contribution in [2.45, 2.75) is 19.4 Å². The molecule has 0 saturated carbocycles. The van der Waals surface area contributed by atoms with Crippen LogP contribution in [-0.4, -0.2) is 29.8 Å². The molecular formula is C20H20F2N2O2. The molecule has 0 aromatic heterocycles. The van der Waals surface area contributed by atoms with Gasteiger partial charge < -0.3 is 10.2 Å². The van der Waals surface area contributed by atoms with Gasteiger partial charge >= 0.3 is 0 Å². The van der Waals surface area contributed by atoms with Crippen LogP contribution in [0.15, 0.2) is 48.5 Å². The molecule has 1 N–H and O–H groups in total. The molecule has 2 aromatic carbocycles. The van der Waals surface area contributed by atoms with Crippen molar-refractivity contribution in [1.29, 1.82) is 0 Å². The highest BCUT2D eigenvalue weighted by Gasteiger charge is 2.33. The van der Waals surface area contributed by atoms with Gasteiger partial charge in [0.1, 0.15) is 11.6 Å². The molecule has 1 aliphatic heterocycles. The first-order valence-electron chi connectivity index (χ1n) is 8.55. The van der Waals surface area contributed by atoms with Gasteiger partial charge in [-0.2, -0.15) is 0 Å². The summed E-state index contributed by atoms with van der Waals surface area (Å²) in [4.78, 5) is 26.1. The largest absolute Gasteiger partial charge is 0.352 e.